The number of esters is 1. The number of Topliss-reactive ketones (excluding diaryl/α,β-unsaturated/α-hetero) is 2. The van der Waals surface area contributed by atoms with Crippen molar-refractivity contribution < 1.29 is 29.0 Å². The first-order chi connectivity index (χ1) is 11.6. The van der Waals surface area contributed by atoms with E-state index in [9.17, 15) is 14.4 Å². The van der Waals surface area contributed by atoms with Crippen LogP contribution >= 0.6 is 11.8 Å². The molecule has 1 aromatic carbocycles. The molecule has 1 aliphatic rings. The zero-order valence-corrected chi connectivity index (χ0v) is 14.0. The molecule has 7 heteroatoms. The molecular weight excluding hydrogens is 332 g/mol. The molecule has 1 unspecified atom stereocenters. The Morgan fingerprint density at radius 3 is 2.62 bits per heavy atom. The average Bonchev–Trinajstić information content (AvgIpc) is 2.58. The molecule has 1 aromatic rings. The number of aliphatic hydroxyl groups is 1. The number of carbonyl (C=O) groups is 3. The Morgan fingerprint density at radius 2 is 2.00 bits per heavy atom. The molecule has 0 amide bonds. The number of benzene rings is 1. The van der Waals surface area contributed by atoms with E-state index >= 15 is 0 Å². The second-order valence-corrected chi connectivity index (χ2v) is 6.18. The van der Waals surface area contributed by atoms with Crippen LogP contribution in [0.2, 0.25) is 0 Å². The van der Waals surface area contributed by atoms with Crippen molar-refractivity contribution in [3.05, 3.63) is 40.8 Å². The number of aliphatic hydroxyl groups excluding tert-OH is 1. The molecule has 128 valence electrons. The van der Waals surface area contributed by atoms with E-state index in [2.05, 4.69) is 0 Å². The predicted molar refractivity (Wildman–Crippen MR) is 87.4 cm³/mol. The molecular formula is C17H18O6S. The summed E-state index contributed by atoms with van der Waals surface area (Å²) in [6.07, 6.45) is -0.351. The van der Waals surface area contributed by atoms with Crippen LogP contribution in [0.1, 0.15) is 6.42 Å². The van der Waals surface area contributed by atoms with Crippen LogP contribution in [0, 0.1) is 5.92 Å². The lowest BCUT2D eigenvalue weighted by molar-refractivity contribution is -0.138. The van der Waals surface area contributed by atoms with E-state index in [-0.39, 0.29) is 37.6 Å². The van der Waals surface area contributed by atoms with Gasteiger partial charge in [-0.2, -0.15) is 0 Å². The zero-order chi connectivity index (χ0) is 17.5. The van der Waals surface area contributed by atoms with E-state index in [0.29, 0.717) is 4.91 Å². The van der Waals surface area contributed by atoms with Crippen molar-refractivity contribution in [2.45, 2.75) is 11.3 Å². The Hall–Kier alpha value is -1.96. The largest absolute Gasteiger partial charge is 0.465 e. The van der Waals surface area contributed by atoms with Gasteiger partial charge in [-0.1, -0.05) is 30.0 Å². The zero-order valence-electron chi connectivity index (χ0n) is 13.2. The summed E-state index contributed by atoms with van der Waals surface area (Å²) < 4.78 is 9.99. The molecule has 0 radical (unpaired) electrons. The van der Waals surface area contributed by atoms with Crippen LogP contribution in [0.5, 0.6) is 0 Å². The standard InChI is InChI=1S/C17H18O6S/c1-22-17(21)15-14(20)9-13(19)12(10-23-8-7-18)16(15)24-11-5-3-2-4-6-11/h2-6,12,18H,7-10H2,1H3. The van der Waals surface area contributed by atoms with Crippen LogP contribution < -0.4 is 0 Å². The van der Waals surface area contributed by atoms with Crippen molar-refractivity contribution in [3.8, 4) is 0 Å². The Labute approximate surface area is 143 Å². The van der Waals surface area contributed by atoms with E-state index in [1.54, 1.807) is 0 Å². The Balaban J connectivity index is 2.41. The molecule has 0 bridgehead atoms. The first-order valence-corrected chi connectivity index (χ1v) is 8.20. The number of methoxy groups -OCH3 is 1. The average molecular weight is 350 g/mol. The van der Waals surface area contributed by atoms with Crippen molar-refractivity contribution in [2.24, 2.45) is 5.92 Å². The molecule has 0 aromatic heterocycles. The first-order valence-electron chi connectivity index (χ1n) is 7.38. The smallest absolute Gasteiger partial charge is 0.342 e. The van der Waals surface area contributed by atoms with Crippen LogP contribution in [-0.2, 0) is 23.9 Å². The van der Waals surface area contributed by atoms with Gasteiger partial charge in [0, 0.05) is 9.80 Å². The van der Waals surface area contributed by atoms with E-state index in [1.165, 1.54) is 18.9 Å². The first kappa shape index (κ1) is 18.4. The third kappa shape index (κ3) is 4.31. The number of ketones is 2. The molecule has 1 aliphatic carbocycles. The van der Waals surface area contributed by atoms with Crippen LogP contribution in [0.15, 0.2) is 45.7 Å². The van der Waals surface area contributed by atoms with Gasteiger partial charge >= 0.3 is 5.97 Å². The van der Waals surface area contributed by atoms with Crippen molar-refractivity contribution >= 4 is 29.3 Å². The van der Waals surface area contributed by atoms with Gasteiger partial charge in [-0.3, -0.25) is 9.59 Å². The lowest BCUT2D eigenvalue weighted by Crippen LogP contribution is -2.34. The van der Waals surface area contributed by atoms with E-state index in [0.717, 1.165) is 4.90 Å². The van der Waals surface area contributed by atoms with Gasteiger partial charge in [0.2, 0.25) is 0 Å². The van der Waals surface area contributed by atoms with Crippen molar-refractivity contribution in [1.82, 2.24) is 0 Å². The molecule has 0 saturated heterocycles. The quantitative estimate of drug-likeness (QED) is 0.344. The number of rotatable bonds is 7. The summed E-state index contributed by atoms with van der Waals surface area (Å²) in [5, 5.41) is 8.83. The molecule has 0 saturated carbocycles. The Kier molecular flexibility index (Phi) is 6.72. The van der Waals surface area contributed by atoms with Gasteiger partial charge in [-0.25, -0.2) is 4.79 Å². The highest BCUT2D eigenvalue weighted by Crippen LogP contribution is 2.39. The Bertz CT molecular complexity index is 652. The SMILES string of the molecule is COC(=O)C1=C(Sc2ccccc2)C(COCCO)C(=O)CC1=O. The van der Waals surface area contributed by atoms with Crippen LogP contribution in [0.4, 0.5) is 0 Å². The van der Waals surface area contributed by atoms with Gasteiger partial charge in [-0.15, -0.1) is 0 Å². The van der Waals surface area contributed by atoms with Gasteiger partial charge in [0.05, 0.1) is 39.3 Å². The molecule has 0 heterocycles. The third-order valence-electron chi connectivity index (χ3n) is 3.45. The summed E-state index contributed by atoms with van der Waals surface area (Å²) >= 11 is 1.18. The summed E-state index contributed by atoms with van der Waals surface area (Å²) in [5.41, 5.74) is -0.0939. The van der Waals surface area contributed by atoms with Gasteiger partial charge in [0.25, 0.3) is 0 Å². The minimum absolute atomic E-state index is 0.00232. The number of ether oxygens (including phenoxy) is 2. The lowest BCUT2D eigenvalue weighted by Gasteiger charge is -2.25. The second-order valence-electron chi connectivity index (χ2n) is 5.06. The normalized spacial score (nSPS) is 18.0. The Morgan fingerprint density at radius 1 is 1.29 bits per heavy atom. The van der Waals surface area contributed by atoms with E-state index in [1.807, 2.05) is 30.3 Å². The maximum atomic E-state index is 12.3. The van der Waals surface area contributed by atoms with Gasteiger partial charge in [0.1, 0.15) is 5.57 Å². The topological polar surface area (TPSA) is 89.9 Å². The molecule has 2 rings (SSSR count). The predicted octanol–water partition coefficient (Wildman–Crippen LogP) is 1.37. The summed E-state index contributed by atoms with van der Waals surface area (Å²) in [5.74, 6) is -2.32. The summed E-state index contributed by atoms with van der Waals surface area (Å²) in [4.78, 5) is 37.7. The van der Waals surface area contributed by atoms with Gasteiger partial charge in [-0.05, 0) is 12.1 Å². The highest BCUT2D eigenvalue weighted by Gasteiger charge is 2.39. The second kappa shape index (κ2) is 8.77. The summed E-state index contributed by atoms with van der Waals surface area (Å²) in [6, 6.07) is 9.14. The van der Waals surface area contributed by atoms with Crippen molar-refractivity contribution in [1.29, 1.82) is 0 Å². The minimum Gasteiger partial charge on any atom is -0.465 e. The van der Waals surface area contributed by atoms with Crippen molar-refractivity contribution in [2.75, 3.05) is 26.9 Å². The minimum atomic E-state index is -0.752. The maximum absolute atomic E-state index is 12.3. The fourth-order valence-corrected chi connectivity index (χ4v) is 3.50. The molecule has 0 fully saturated rings. The number of carbonyl (C=O) groups excluding carboxylic acids is 3. The molecule has 1 N–H and O–H groups in total. The molecule has 1 atom stereocenters. The van der Waals surface area contributed by atoms with Crippen LogP contribution in [0.3, 0.4) is 0 Å². The maximum Gasteiger partial charge on any atom is 0.342 e. The molecule has 0 aliphatic heterocycles. The summed E-state index contributed by atoms with van der Waals surface area (Å²) in [6.45, 7) is -0.0918. The van der Waals surface area contributed by atoms with Crippen molar-refractivity contribution in [3.63, 3.8) is 0 Å². The van der Waals surface area contributed by atoms with Gasteiger partial charge < -0.3 is 14.6 Å². The molecule has 6 nitrogen and oxygen atoms in total. The molecule has 0 spiro atoms. The lowest BCUT2D eigenvalue weighted by atomic mass is 9.88. The highest BCUT2D eigenvalue weighted by atomic mass is 32.2. The fourth-order valence-electron chi connectivity index (χ4n) is 2.32. The van der Waals surface area contributed by atoms with E-state index < -0.39 is 17.7 Å². The third-order valence-corrected chi connectivity index (χ3v) is 4.66. The summed E-state index contributed by atoms with van der Waals surface area (Å²) in [7, 11) is 1.20. The van der Waals surface area contributed by atoms with E-state index in [4.69, 9.17) is 14.6 Å². The van der Waals surface area contributed by atoms with Gasteiger partial charge in [0.15, 0.2) is 11.6 Å². The number of hydrogen-bond acceptors (Lipinski definition) is 7. The highest BCUT2D eigenvalue weighted by molar-refractivity contribution is 8.03. The molecule has 24 heavy (non-hydrogen) atoms. The number of thioether (sulfide) groups is 1. The monoisotopic (exact) mass is 350 g/mol. The number of hydrogen-bond donors (Lipinski definition) is 1. The van der Waals surface area contributed by atoms with Crippen LogP contribution in [-0.4, -0.2) is 49.6 Å². The van der Waals surface area contributed by atoms with Crippen LogP contribution in [0.25, 0.3) is 0 Å². The fraction of sp³-hybridized carbons (Fsp3) is 0.353.